The molecule has 0 aliphatic rings. The van der Waals surface area contributed by atoms with Gasteiger partial charge in [-0.1, -0.05) is 12.1 Å². The molecule has 0 amide bonds. The molecule has 0 atom stereocenters. The van der Waals surface area contributed by atoms with Gasteiger partial charge in [0, 0.05) is 13.8 Å². The molecule has 0 aliphatic carbocycles. The number of rotatable bonds is 4. The molecule has 2 heterocycles. The largest absolute Gasteiger partial charge is 0.477 e. The van der Waals surface area contributed by atoms with E-state index in [4.69, 9.17) is 10.2 Å². The van der Waals surface area contributed by atoms with Gasteiger partial charge in [-0.2, -0.15) is 0 Å². The Morgan fingerprint density at radius 2 is 0.958 bits per heavy atom. The Morgan fingerprint density at radius 3 is 1.25 bits per heavy atom. The number of carboxylic acids is 2. The minimum Gasteiger partial charge on any atom is -0.477 e. The van der Waals surface area contributed by atoms with Gasteiger partial charge < -0.3 is 10.2 Å². The lowest BCUT2D eigenvalue weighted by Gasteiger charge is -1.96. The first-order valence-electron chi connectivity index (χ1n) is 6.65. The number of hydrogen-bond donors (Lipinski definition) is 2. The smallest absolute Gasteiger partial charge is 0.354 e. The van der Waals surface area contributed by atoms with Crippen LogP contribution in [-0.4, -0.2) is 43.7 Å². The van der Waals surface area contributed by atoms with Gasteiger partial charge >= 0.3 is 11.9 Å². The molecule has 24 heavy (non-hydrogen) atoms. The number of pyridine rings is 2. The lowest BCUT2D eigenvalue weighted by molar-refractivity contribution is 0.0684. The summed E-state index contributed by atoms with van der Waals surface area (Å²) in [5.41, 5.74) is 0.134. The zero-order valence-corrected chi connectivity index (χ0v) is 12.9. The van der Waals surface area contributed by atoms with Crippen LogP contribution in [0.25, 0.3) is 0 Å². The Labute approximate surface area is 136 Å². The van der Waals surface area contributed by atoms with Gasteiger partial charge in [0.1, 0.15) is 22.8 Å². The highest BCUT2D eigenvalue weighted by atomic mass is 16.4. The molecule has 0 unspecified atom stereocenters. The predicted octanol–water partition coefficient (Wildman–Crippen LogP) is 1.96. The predicted molar refractivity (Wildman–Crippen MR) is 82.4 cm³/mol. The van der Waals surface area contributed by atoms with Crippen LogP contribution >= 0.6 is 0 Å². The lowest BCUT2D eigenvalue weighted by Crippen LogP contribution is -2.06. The van der Waals surface area contributed by atoms with Crippen molar-refractivity contribution in [2.45, 2.75) is 13.8 Å². The third-order valence-corrected chi connectivity index (χ3v) is 2.66. The van der Waals surface area contributed by atoms with Crippen molar-refractivity contribution in [3.8, 4) is 0 Å². The summed E-state index contributed by atoms with van der Waals surface area (Å²) in [5, 5.41) is 16.9. The molecular weight excluding hydrogens is 316 g/mol. The number of aromatic carboxylic acids is 2. The van der Waals surface area contributed by atoms with E-state index < -0.39 is 11.9 Å². The summed E-state index contributed by atoms with van der Waals surface area (Å²) < 4.78 is 0. The van der Waals surface area contributed by atoms with Crippen LogP contribution in [0.1, 0.15) is 55.8 Å². The Bertz CT molecular complexity index is 675. The second-order valence-electron chi connectivity index (χ2n) is 4.54. The van der Waals surface area contributed by atoms with Crippen molar-refractivity contribution in [2.24, 2.45) is 0 Å². The highest BCUT2D eigenvalue weighted by Crippen LogP contribution is 2.01. The van der Waals surface area contributed by atoms with Crippen molar-refractivity contribution in [1.29, 1.82) is 0 Å². The lowest BCUT2D eigenvalue weighted by atomic mass is 10.2. The van der Waals surface area contributed by atoms with E-state index in [0.717, 1.165) is 0 Å². The summed E-state index contributed by atoms with van der Waals surface area (Å²) in [6, 6.07) is 8.63. The molecule has 2 N–H and O–H groups in total. The minimum absolute atomic E-state index is 0.127. The molecule has 0 aromatic carbocycles. The summed E-state index contributed by atoms with van der Waals surface area (Å²) in [6.07, 6.45) is 0. The van der Waals surface area contributed by atoms with E-state index in [1.54, 1.807) is 18.2 Å². The summed E-state index contributed by atoms with van der Waals surface area (Å²) >= 11 is 0. The fraction of sp³-hybridized carbons (Fsp3) is 0.125. The highest BCUT2D eigenvalue weighted by Gasteiger charge is 2.08. The molecule has 0 aliphatic heterocycles. The maximum absolute atomic E-state index is 10.8. The van der Waals surface area contributed by atoms with Crippen molar-refractivity contribution in [3.63, 3.8) is 0 Å². The molecule has 2 aromatic rings. The minimum atomic E-state index is -1.24. The Balaban J connectivity index is 0.000000240. The first-order valence-corrected chi connectivity index (χ1v) is 6.65. The number of Topliss-reactive ketones (excluding diaryl/α,β-unsaturated/α-hetero) is 2. The normalized spacial score (nSPS) is 9.42. The van der Waals surface area contributed by atoms with Crippen LogP contribution in [0.3, 0.4) is 0 Å². The Morgan fingerprint density at radius 1 is 0.667 bits per heavy atom. The van der Waals surface area contributed by atoms with Gasteiger partial charge in [0.25, 0.3) is 0 Å². The van der Waals surface area contributed by atoms with Gasteiger partial charge in [-0.15, -0.1) is 0 Å². The average Bonchev–Trinajstić information content (AvgIpc) is 2.55. The first-order chi connectivity index (χ1) is 11.2. The van der Waals surface area contributed by atoms with E-state index >= 15 is 0 Å². The van der Waals surface area contributed by atoms with Crippen LogP contribution in [-0.2, 0) is 0 Å². The topological polar surface area (TPSA) is 135 Å². The van der Waals surface area contributed by atoms with Crippen molar-refractivity contribution in [3.05, 3.63) is 59.2 Å². The van der Waals surface area contributed by atoms with Gasteiger partial charge in [0.15, 0.2) is 11.6 Å². The molecule has 8 heteroatoms. The molecule has 2 aromatic heterocycles. The van der Waals surface area contributed by atoms with Gasteiger partial charge in [0.2, 0.25) is 0 Å². The van der Waals surface area contributed by atoms with E-state index in [1.807, 2.05) is 0 Å². The second-order valence-corrected chi connectivity index (χ2v) is 4.54. The monoisotopic (exact) mass is 330 g/mol. The maximum Gasteiger partial charge on any atom is 0.354 e. The van der Waals surface area contributed by atoms with Gasteiger partial charge in [0.05, 0.1) is 0 Å². The molecule has 0 saturated heterocycles. The van der Waals surface area contributed by atoms with E-state index in [0.29, 0.717) is 11.4 Å². The van der Waals surface area contributed by atoms with Crippen molar-refractivity contribution in [1.82, 2.24) is 9.97 Å². The van der Waals surface area contributed by atoms with Crippen LogP contribution in [0.2, 0.25) is 0 Å². The standard InChI is InChI=1S/C9H9NO2.C7H5NO4/c1-6(11)8-4-3-5-9(10-8)7(2)12;9-6(10)4-2-1-3-5(8-4)7(11)12/h3-5H,1-2H3;1-3H,(H,9,10)(H,11,12). The molecule has 0 spiro atoms. The quantitative estimate of drug-likeness (QED) is 0.812. The number of ketones is 2. The molecule has 124 valence electrons. The van der Waals surface area contributed by atoms with E-state index in [2.05, 4.69) is 9.97 Å². The van der Waals surface area contributed by atoms with Crippen LogP contribution < -0.4 is 0 Å². The van der Waals surface area contributed by atoms with Gasteiger partial charge in [-0.25, -0.2) is 19.6 Å². The molecule has 0 saturated carbocycles. The number of aromatic nitrogens is 2. The van der Waals surface area contributed by atoms with Crippen LogP contribution in [0.5, 0.6) is 0 Å². The molecular formula is C16H14N2O6. The van der Waals surface area contributed by atoms with Crippen LogP contribution in [0.15, 0.2) is 36.4 Å². The van der Waals surface area contributed by atoms with Crippen LogP contribution in [0, 0.1) is 0 Å². The van der Waals surface area contributed by atoms with Gasteiger partial charge in [-0.05, 0) is 24.3 Å². The van der Waals surface area contributed by atoms with Crippen molar-refractivity contribution in [2.75, 3.05) is 0 Å². The number of carbonyl (C=O) groups is 4. The van der Waals surface area contributed by atoms with Gasteiger partial charge in [-0.3, -0.25) is 9.59 Å². The fourth-order valence-electron chi connectivity index (χ4n) is 1.50. The third-order valence-electron chi connectivity index (χ3n) is 2.66. The molecule has 0 bridgehead atoms. The second kappa shape index (κ2) is 8.28. The SMILES string of the molecule is CC(=O)c1cccc(C(C)=O)n1.O=C(O)c1cccc(C(=O)O)n1. The Hall–Kier alpha value is -3.42. The Kier molecular flexibility index (Phi) is 6.42. The average molecular weight is 330 g/mol. The van der Waals surface area contributed by atoms with Crippen molar-refractivity contribution < 1.29 is 29.4 Å². The fourth-order valence-corrected chi connectivity index (χ4v) is 1.50. The number of hydrogen-bond acceptors (Lipinski definition) is 6. The highest BCUT2D eigenvalue weighted by molar-refractivity contribution is 5.96. The molecule has 2 rings (SSSR count). The van der Waals surface area contributed by atoms with E-state index in [-0.39, 0.29) is 23.0 Å². The number of carbonyl (C=O) groups excluding carboxylic acids is 2. The van der Waals surface area contributed by atoms with Crippen LogP contribution in [0.4, 0.5) is 0 Å². The molecule has 0 fully saturated rings. The van der Waals surface area contributed by atoms with E-state index in [9.17, 15) is 19.2 Å². The molecule has 0 radical (unpaired) electrons. The summed E-state index contributed by atoms with van der Waals surface area (Å²) in [7, 11) is 0. The summed E-state index contributed by atoms with van der Waals surface area (Å²) in [4.78, 5) is 49.6. The number of carboxylic acid groups (broad SMARTS) is 2. The zero-order chi connectivity index (χ0) is 18.3. The maximum atomic E-state index is 10.8. The number of nitrogens with zero attached hydrogens (tertiary/aromatic N) is 2. The molecule has 8 nitrogen and oxygen atoms in total. The van der Waals surface area contributed by atoms with E-state index in [1.165, 1.54) is 32.0 Å². The van der Waals surface area contributed by atoms with Crippen molar-refractivity contribution >= 4 is 23.5 Å². The first kappa shape index (κ1) is 18.6. The zero-order valence-electron chi connectivity index (χ0n) is 12.9. The summed E-state index contributed by atoms with van der Waals surface area (Å²) in [6.45, 7) is 2.85. The third kappa shape index (κ3) is 5.41. The summed E-state index contributed by atoms with van der Waals surface area (Å²) in [5.74, 6) is -2.73.